The minimum absolute atomic E-state index is 0.509. The van der Waals surface area contributed by atoms with E-state index in [-0.39, 0.29) is 0 Å². The summed E-state index contributed by atoms with van der Waals surface area (Å²) < 4.78 is 10.5. The van der Waals surface area contributed by atoms with Crippen molar-refractivity contribution in [2.75, 3.05) is 11.9 Å². The molecule has 1 amide bonds. The third-order valence-electron chi connectivity index (χ3n) is 1.72. The highest BCUT2D eigenvalue weighted by Gasteiger charge is 2.17. The zero-order valence-corrected chi connectivity index (χ0v) is 12.6. The largest absolute Gasteiger partial charge is 0.490 e. The van der Waals surface area contributed by atoms with Gasteiger partial charge in [-0.25, -0.2) is 4.79 Å². The molecule has 1 aromatic rings. The van der Waals surface area contributed by atoms with Gasteiger partial charge in [0.05, 0.1) is 18.5 Å². The molecule has 5 heteroatoms. The van der Waals surface area contributed by atoms with Gasteiger partial charge >= 0.3 is 6.09 Å². The van der Waals surface area contributed by atoms with Crippen LogP contribution in [-0.4, -0.2) is 23.3 Å². The van der Waals surface area contributed by atoms with E-state index in [9.17, 15) is 4.79 Å². The molecule has 0 aromatic carbocycles. The van der Waals surface area contributed by atoms with Crippen LogP contribution in [0.25, 0.3) is 0 Å². The molecular formula is C14H24N2O3. The van der Waals surface area contributed by atoms with Gasteiger partial charge in [-0.2, -0.15) is 0 Å². The zero-order valence-electron chi connectivity index (χ0n) is 12.6. The number of hydrogen-bond donors (Lipinski definition) is 1. The summed E-state index contributed by atoms with van der Waals surface area (Å²) in [5.74, 6) is 0.529. The molecule has 5 nitrogen and oxygen atoms in total. The van der Waals surface area contributed by atoms with Gasteiger partial charge in [0.25, 0.3) is 0 Å². The van der Waals surface area contributed by atoms with Crippen molar-refractivity contribution < 1.29 is 14.3 Å². The number of amides is 1. The summed E-state index contributed by atoms with van der Waals surface area (Å²) in [5.41, 5.74) is 0.0270. The van der Waals surface area contributed by atoms with E-state index in [1.54, 1.807) is 18.5 Å². The van der Waals surface area contributed by atoms with Crippen LogP contribution < -0.4 is 10.1 Å². The van der Waals surface area contributed by atoms with Gasteiger partial charge in [-0.1, -0.05) is 13.8 Å². The lowest BCUT2D eigenvalue weighted by Gasteiger charge is -2.20. The van der Waals surface area contributed by atoms with Crippen LogP contribution in [0.15, 0.2) is 18.5 Å². The van der Waals surface area contributed by atoms with Crippen molar-refractivity contribution in [2.45, 2.75) is 47.1 Å². The summed E-state index contributed by atoms with van der Waals surface area (Å²) in [5, 5.41) is 2.63. The average molecular weight is 268 g/mol. The predicted octanol–water partition coefficient (Wildman–Crippen LogP) is 3.85. The van der Waals surface area contributed by atoms with Crippen molar-refractivity contribution in [2.24, 2.45) is 0 Å². The SMILES string of the molecule is CC.CCOc1cnccc1NC(=O)OC(C)(C)C. The first-order valence-electron chi connectivity index (χ1n) is 6.49. The molecular weight excluding hydrogens is 244 g/mol. The molecule has 0 bridgehead atoms. The van der Waals surface area contributed by atoms with Gasteiger partial charge in [-0.05, 0) is 33.8 Å². The minimum atomic E-state index is -0.525. The molecule has 1 N–H and O–H groups in total. The minimum Gasteiger partial charge on any atom is -0.490 e. The first kappa shape index (κ1) is 17.2. The van der Waals surface area contributed by atoms with E-state index in [1.165, 1.54) is 0 Å². The van der Waals surface area contributed by atoms with Gasteiger partial charge in [0.2, 0.25) is 0 Å². The number of ether oxygens (including phenoxy) is 2. The topological polar surface area (TPSA) is 60.5 Å². The average Bonchev–Trinajstić information content (AvgIpc) is 2.32. The highest BCUT2D eigenvalue weighted by Crippen LogP contribution is 2.23. The summed E-state index contributed by atoms with van der Waals surface area (Å²) in [4.78, 5) is 15.5. The molecule has 1 rings (SSSR count). The maximum Gasteiger partial charge on any atom is 0.412 e. The van der Waals surface area contributed by atoms with Crippen LogP contribution in [0, 0.1) is 0 Å². The Morgan fingerprint density at radius 2 is 2.00 bits per heavy atom. The van der Waals surface area contributed by atoms with Crippen LogP contribution in [-0.2, 0) is 4.74 Å². The molecule has 0 radical (unpaired) electrons. The Morgan fingerprint density at radius 1 is 1.37 bits per heavy atom. The Balaban J connectivity index is 0.00000154. The second kappa shape index (κ2) is 8.34. The Morgan fingerprint density at radius 3 is 2.53 bits per heavy atom. The highest BCUT2D eigenvalue weighted by molar-refractivity contribution is 5.86. The molecule has 0 atom stereocenters. The van der Waals surface area contributed by atoms with Crippen molar-refractivity contribution in [3.8, 4) is 5.75 Å². The van der Waals surface area contributed by atoms with E-state index in [0.29, 0.717) is 18.0 Å². The molecule has 19 heavy (non-hydrogen) atoms. The summed E-state index contributed by atoms with van der Waals surface area (Å²) in [6.07, 6.45) is 2.62. The van der Waals surface area contributed by atoms with E-state index in [1.807, 2.05) is 41.5 Å². The van der Waals surface area contributed by atoms with Crippen molar-refractivity contribution >= 4 is 11.8 Å². The smallest absolute Gasteiger partial charge is 0.412 e. The number of carbonyl (C=O) groups is 1. The Hall–Kier alpha value is -1.78. The highest BCUT2D eigenvalue weighted by atomic mass is 16.6. The molecule has 108 valence electrons. The number of anilines is 1. The number of hydrogen-bond acceptors (Lipinski definition) is 4. The van der Waals surface area contributed by atoms with Crippen LogP contribution in [0.4, 0.5) is 10.5 Å². The lowest BCUT2D eigenvalue weighted by molar-refractivity contribution is 0.0635. The quantitative estimate of drug-likeness (QED) is 0.904. The fraction of sp³-hybridized carbons (Fsp3) is 0.571. The molecule has 0 saturated heterocycles. The third kappa shape index (κ3) is 7.28. The van der Waals surface area contributed by atoms with Crippen molar-refractivity contribution in [1.82, 2.24) is 4.98 Å². The van der Waals surface area contributed by atoms with Crippen LogP contribution in [0.5, 0.6) is 5.75 Å². The standard InChI is InChI=1S/C12H18N2O3.C2H6/c1-5-16-10-8-13-7-6-9(10)14-11(15)17-12(2,3)4;1-2/h6-8H,5H2,1-4H3,(H,13,14,15);1-2H3. The van der Waals surface area contributed by atoms with Crippen LogP contribution in [0.1, 0.15) is 41.5 Å². The lowest BCUT2D eigenvalue weighted by Crippen LogP contribution is -2.27. The number of pyridine rings is 1. The predicted molar refractivity (Wildman–Crippen MR) is 76.6 cm³/mol. The number of rotatable bonds is 3. The first-order chi connectivity index (χ1) is 8.92. The first-order valence-corrected chi connectivity index (χ1v) is 6.49. The van der Waals surface area contributed by atoms with Crippen LogP contribution in [0.3, 0.4) is 0 Å². The number of nitrogens with zero attached hydrogens (tertiary/aromatic N) is 1. The van der Waals surface area contributed by atoms with Crippen molar-refractivity contribution in [1.29, 1.82) is 0 Å². The molecule has 0 aliphatic heterocycles. The van der Waals surface area contributed by atoms with Crippen LogP contribution in [0.2, 0.25) is 0 Å². The maximum absolute atomic E-state index is 11.6. The summed E-state index contributed by atoms with van der Waals surface area (Å²) >= 11 is 0. The Labute approximate surface area is 115 Å². The normalized spacial score (nSPS) is 10.0. The second-order valence-electron chi connectivity index (χ2n) is 4.43. The molecule has 0 aliphatic rings. The fourth-order valence-corrected chi connectivity index (χ4v) is 1.17. The summed E-state index contributed by atoms with van der Waals surface area (Å²) in [7, 11) is 0. The summed E-state index contributed by atoms with van der Waals surface area (Å²) in [6, 6.07) is 1.66. The Bertz CT molecular complexity index is 387. The third-order valence-corrected chi connectivity index (χ3v) is 1.72. The van der Waals surface area contributed by atoms with E-state index in [0.717, 1.165) is 0 Å². The van der Waals surface area contributed by atoms with Gasteiger partial charge in [-0.3, -0.25) is 10.3 Å². The molecule has 0 fully saturated rings. The zero-order chi connectivity index (χ0) is 14.9. The molecule has 0 aliphatic carbocycles. The van der Waals surface area contributed by atoms with Gasteiger partial charge in [0.15, 0.2) is 5.75 Å². The molecule has 0 saturated carbocycles. The van der Waals surface area contributed by atoms with E-state index in [4.69, 9.17) is 9.47 Å². The summed E-state index contributed by atoms with van der Waals surface area (Å²) in [6.45, 7) is 11.8. The molecule has 1 aromatic heterocycles. The van der Waals surface area contributed by atoms with Crippen LogP contribution >= 0.6 is 0 Å². The molecule has 1 heterocycles. The maximum atomic E-state index is 11.6. The van der Waals surface area contributed by atoms with Gasteiger partial charge in [0, 0.05) is 6.20 Å². The van der Waals surface area contributed by atoms with E-state index < -0.39 is 11.7 Å². The van der Waals surface area contributed by atoms with Crippen molar-refractivity contribution in [3.05, 3.63) is 18.5 Å². The number of carbonyl (C=O) groups excluding carboxylic acids is 1. The Kier molecular flexibility index (Phi) is 7.56. The lowest BCUT2D eigenvalue weighted by atomic mass is 10.2. The molecule has 0 spiro atoms. The van der Waals surface area contributed by atoms with Gasteiger partial charge < -0.3 is 9.47 Å². The van der Waals surface area contributed by atoms with Gasteiger partial charge in [-0.15, -0.1) is 0 Å². The second-order valence-corrected chi connectivity index (χ2v) is 4.43. The van der Waals surface area contributed by atoms with Gasteiger partial charge in [0.1, 0.15) is 5.60 Å². The number of aromatic nitrogens is 1. The fourth-order valence-electron chi connectivity index (χ4n) is 1.17. The monoisotopic (exact) mass is 268 g/mol. The van der Waals surface area contributed by atoms with E-state index >= 15 is 0 Å². The van der Waals surface area contributed by atoms with E-state index in [2.05, 4.69) is 10.3 Å². The molecule has 0 unspecified atom stereocenters. The van der Waals surface area contributed by atoms with Crippen molar-refractivity contribution in [3.63, 3.8) is 0 Å². The number of nitrogens with one attached hydrogen (secondary N) is 1.